The molecule has 7 heteroatoms. The van der Waals surface area contributed by atoms with E-state index in [0.717, 1.165) is 30.5 Å². The molecular formula is C20H28N4O3. The van der Waals surface area contributed by atoms with Gasteiger partial charge in [0.25, 0.3) is 5.91 Å². The third kappa shape index (κ3) is 4.36. The molecule has 1 saturated heterocycles. The maximum atomic E-state index is 13.0. The van der Waals surface area contributed by atoms with Crippen molar-refractivity contribution in [2.75, 3.05) is 13.1 Å². The molecule has 1 aromatic carbocycles. The Balaban J connectivity index is 1.64. The molecule has 0 spiro atoms. The van der Waals surface area contributed by atoms with Crippen LogP contribution in [0, 0.1) is 5.92 Å². The number of piperidine rings is 1. The van der Waals surface area contributed by atoms with Crippen LogP contribution in [0.4, 0.5) is 0 Å². The van der Waals surface area contributed by atoms with Crippen LogP contribution in [0.5, 0.6) is 0 Å². The van der Waals surface area contributed by atoms with Crippen LogP contribution in [0.1, 0.15) is 54.1 Å². The zero-order valence-electron chi connectivity index (χ0n) is 15.8. The summed E-state index contributed by atoms with van der Waals surface area (Å²) in [5.41, 5.74) is 8.18. The number of carbonyl (C=O) groups is 3. The molecule has 1 fully saturated rings. The number of hydrogen-bond donors (Lipinski definition) is 3. The van der Waals surface area contributed by atoms with E-state index in [4.69, 9.17) is 5.73 Å². The predicted octanol–water partition coefficient (Wildman–Crippen LogP) is 0.912. The summed E-state index contributed by atoms with van der Waals surface area (Å²) < 4.78 is 0. The second-order valence-corrected chi connectivity index (χ2v) is 7.50. The molecule has 27 heavy (non-hydrogen) atoms. The van der Waals surface area contributed by atoms with Gasteiger partial charge < -0.3 is 16.0 Å². The molecule has 0 radical (unpaired) electrons. The smallest absolute Gasteiger partial charge is 0.255 e. The van der Waals surface area contributed by atoms with Crippen LogP contribution in [0.25, 0.3) is 0 Å². The minimum atomic E-state index is -0.569. The SMILES string of the molecule is C[C@@H](CCN)CCNCc1cccc2c1C(=O)N(C1CCC(=O)NC1=O)C2. The van der Waals surface area contributed by atoms with Gasteiger partial charge >= 0.3 is 0 Å². The second kappa shape index (κ2) is 8.63. The number of nitrogens with zero attached hydrogens (tertiary/aromatic N) is 1. The number of rotatable bonds is 8. The standard InChI is InChI=1S/C20H28N4O3/c1-13(7-9-21)8-10-22-11-14-3-2-4-15-12-24(20(27)18(14)15)16-5-6-17(25)23-19(16)26/h2-4,13,16,22H,5-12,21H2,1H3,(H,23,25,26)/t13-,16?/m0/s1. The molecule has 1 unspecified atom stereocenters. The lowest BCUT2D eigenvalue weighted by molar-refractivity contribution is -0.136. The molecule has 7 nitrogen and oxygen atoms in total. The first kappa shape index (κ1) is 19.5. The maximum absolute atomic E-state index is 13.0. The van der Waals surface area contributed by atoms with E-state index in [-0.39, 0.29) is 24.1 Å². The molecule has 2 aliphatic rings. The summed E-state index contributed by atoms with van der Waals surface area (Å²) in [7, 11) is 0. The van der Waals surface area contributed by atoms with Gasteiger partial charge in [0.1, 0.15) is 6.04 Å². The van der Waals surface area contributed by atoms with Crippen LogP contribution in [0.2, 0.25) is 0 Å². The van der Waals surface area contributed by atoms with E-state index in [1.807, 2.05) is 18.2 Å². The fraction of sp³-hybridized carbons (Fsp3) is 0.550. The van der Waals surface area contributed by atoms with Crippen molar-refractivity contribution in [2.45, 2.75) is 51.7 Å². The fourth-order valence-corrected chi connectivity index (χ4v) is 3.84. The number of nitrogens with one attached hydrogen (secondary N) is 2. The number of imide groups is 1. The topological polar surface area (TPSA) is 105 Å². The van der Waals surface area contributed by atoms with Crippen LogP contribution >= 0.6 is 0 Å². The van der Waals surface area contributed by atoms with Gasteiger partial charge in [-0.2, -0.15) is 0 Å². The molecule has 2 heterocycles. The van der Waals surface area contributed by atoms with E-state index in [2.05, 4.69) is 17.6 Å². The van der Waals surface area contributed by atoms with E-state index in [0.29, 0.717) is 37.5 Å². The summed E-state index contributed by atoms with van der Waals surface area (Å²) in [6.45, 7) is 4.80. The van der Waals surface area contributed by atoms with Crippen molar-refractivity contribution in [1.29, 1.82) is 0 Å². The number of fused-ring (bicyclic) bond motifs is 1. The second-order valence-electron chi connectivity index (χ2n) is 7.50. The molecule has 0 saturated carbocycles. The van der Waals surface area contributed by atoms with Crippen molar-refractivity contribution in [3.63, 3.8) is 0 Å². The van der Waals surface area contributed by atoms with Crippen LogP contribution < -0.4 is 16.4 Å². The highest BCUT2D eigenvalue weighted by molar-refractivity contribution is 6.05. The van der Waals surface area contributed by atoms with Gasteiger partial charge in [0, 0.05) is 25.1 Å². The Bertz CT molecular complexity index is 734. The van der Waals surface area contributed by atoms with Crippen molar-refractivity contribution in [3.8, 4) is 0 Å². The van der Waals surface area contributed by atoms with Crippen LogP contribution in [0.3, 0.4) is 0 Å². The highest BCUT2D eigenvalue weighted by atomic mass is 16.2. The monoisotopic (exact) mass is 372 g/mol. The minimum Gasteiger partial charge on any atom is -0.330 e. The molecule has 2 aliphatic heterocycles. The molecular weight excluding hydrogens is 344 g/mol. The number of nitrogens with two attached hydrogens (primary N) is 1. The molecule has 146 valence electrons. The molecule has 0 bridgehead atoms. The lowest BCUT2D eigenvalue weighted by Crippen LogP contribution is -2.52. The normalized spacial score (nSPS) is 20.6. The van der Waals surface area contributed by atoms with Gasteiger partial charge in [-0.15, -0.1) is 0 Å². The Morgan fingerprint density at radius 3 is 2.85 bits per heavy atom. The zero-order valence-corrected chi connectivity index (χ0v) is 15.8. The van der Waals surface area contributed by atoms with Gasteiger partial charge in [-0.25, -0.2) is 0 Å². The van der Waals surface area contributed by atoms with Gasteiger partial charge in [-0.05, 0) is 49.4 Å². The Hall–Kier alpha value is -2.25. The summed E-state index contributed by atoms with van der Waals surface area (Å²) in [6.07, 6.45) is 2.72. The van der Waals surface area contributed by atoms with Crippen LogP contribution in [-0.2, 0) is 22.7 Å². The first-order valence-corrected chi connectivity index (χ1v) is 9.67. The van der Waals surface area contributed by atoms with Gasteiger partial charge in [0.15, 0.2) is 0 Å². The lowest BCUT2D eigenvalue weighted by Gasteiger charge is -2.29. The molecule has 2 atom stereocenters. The third-order valence-electron chi connectivity index (χ3n) is 5.43. The fourth-order valence-electron chi connectivity index (χ4n) is 3.84. The van der Waals surface area contributed by atoms with Gasteiger partial charge in [-0.1, -0.05) is 25.1 Å². The van der Waals surface area contributed by atoms with Crippen LogP contribution in [-0.4, -0.2) is 41.8 Å². The average molecular weight is 372 g/mol. The Morgan fingerprint density at radius 1 is 1.30 bits per heavy atom. The van der Waals surface area contributed by atoms with E-state index in [1.54, 1.807) is 4.90 Å². The number of carbonyl (C=O) groups excluding carboxylic acids is 3. The number of amides is 3. The van der Waals surface area contributed by atoms with Crippen LogP contribution in [0.15, 0.2) is 18.2 Å². The zero-order chi connectivity index (χ0) is 19.4. The summed E-state index contributed by atoms with van der Waals surface area (Å²) in [4.78, 5) is 38.1. The van der Waals surface area contributed by atoms with E-state index < -0.39 is 6.04 Å². The van der Waals surface area contributed by atoms with Crippen molar-refractivity contribution >= 4 is 17.7 Å². The highest BCUT2D eigenvalue weighted by Gasteiger charge is 2.39. The Kier molecular flexibility index (Phi) is 6.23. The quantitative estimate of drug-likeness (QED) is 0.465. The number of hydrogen-bond acceptors (Lipinski definition) is 5. The third-order valence-corrected chi connectivity index (χ3v) is 5.43. The predicted molar refractivity (Wildman–Crippen MR) is 102 cm³/mol. The van der Waals surface area contributed by atoms with E-state index in [9.17, 15) is 14.4 Å². The summed E-state index contributed by atoms with van der Waals surface area (Å²) in [5.74, 6) is -0.183. The molecule has 4 N–H and O–H groups in total. The van der Waals surface area contributed by atoms with Gasteiger partial charge in [-0.3, -0.25) is 19.7 Å². The minimum absolute atomic E-state index is 0.117. The van der Waals surface area contributed by atoms with Crippen molar-refractivity contribution < 1.29 is 14.4 Å². The molecule has 1 aromatic rings. The maximum Gasteiger partial charge on any atom is 0.255 e. The van der Waals surface area contributed by atoms with Crippen molar-refractivity contribution in [3.05, 3.63) is 34.9 Å². The van der Waals surface area contributed by atoms with E-state index in [1.165, 1.54) is 0 Å². The number of benzene rings is 1. The van der Waals surface area contributed by atoms with Crippen molar-refractivity contribution in [1.82, 2.24) is 15.5 Å². The van der Waals surface area contributed by atoms with E-state index >= 15 is 0 Å². The lowest BCUT2D eigenvalue weighted by atomic mass is 10.0. The van der Waals surface area contributed by atoms with Crippen molar-refractivity contribution in [2.24, 2.45) is 11.7 Å². The van der Waals surface area contributed by atoms with Gasteiger partial charge in [0.2, 0.25) is 11.8 Å². The summed E-state index contributed by atoms with van der Waals surface area (Å²) >= 11 is 0. The molecule has 0 aromatic heterocycles. The van der Waals surface area contributed by atoms with Gasteiger partial charge in [0.05, 0.1) is 0 Å². The first-order valence-electron chi connectivity index (χ1n) is 9.67. The Labute approximate surface area is 159 Å². The first-order chi connectivity index (χ1) is 13.0. The molecule has 3 rings (SSSR count). The molecule has 0 aliphatic carbocycles. The highest BCUT2D eigenvalue weighted by Crippen LogP contribution is 2.29. The Morgan fingerprint density at radius 2 is 2.11 bits per heavy atom. The largest absolute Gasteiger partial charge is 0.330 e. The average Bonchev–Trinajstić information content (AvgIpc) is 2.96. The molecule has 3 amide bonds. The summed E-state index contributed by atoms with van der Waals surface area (Å²) in [6, 6.07) is 5.28. The summed E-state index contributed by atoms with van der Waals surface area (Å²) in [5, 5.41) is 5.75.